The number of aliphatic carboxylic acids is 1. The highest BCUT2D eigenvalue weighted by molar-refractivity contribution is 5.73. The molecule has 3 fully saturated rings. The van der Waals surface area contributed by atoms with Crippen LogP contribution in [0, 0.1) is 11.1 Å². The molecule has 1 saturated heterocycles. The Labute approximate surface area is 202 Å². The Morgan fingerprint density at radius 3 is 2.63 bits per heavy atom. The highest BCUT2D eigenvalue weighted by Crippen LogP contribution is 2.67. The number of halogens is 3. The van der Waals surface area contributed by atoms with Gasteiger partial charge in [0.25, 0.3) is 0 Å². The number of carboxylic acids is 1. The van der Waals surface area contributed by atoms with Crippen molar-refractivity contribution in [1.82, 2.24) is 0 Å². The van der Waals surface area contributed by atoms with Crippen molar-refractivity contribution in [3.8, 4) is 11.5 Å². The molecule has 2 bridgehead atoms. The smallest absolute Gasteiger partial charge is 0.490 e. The van der Waals surface area contributed by atoms with Gasteiger partial charge in [-0.1, -0.05) is 13.0 Å². The fourth-order valence-electron chi connectivity index (χ4n) is 7.30. The predicted molar refractivity (Wildman–Crippen MR) is 119 cm³/mol. The Bertz CT molecular complexity index is 1010. The lowest BCUT2D eigenvalue weighted by Crippen LogP contribution is -2.80. The molecule has 2 unspecified atom stereocenters. The number of rotatable bonds is 5. The third-order valence-corrected chi connectivity index (χ3v) is 8.72. The van der Waals surface area contributed by atoms with Crippen molar-refractivity contribution in [3.63, 3.8) is 0 Å². The number of phenols is 1. The van der Waals surface area contributed by atoms with Gasteiger partial charge in [-0.25, -0.2) is 4.79 Å². The lowest BCUT2D eigenvalue weighted by Gasteiger charge is -2.68. The normalized spacial score (nSPS) is 36.5. The number of alkyl halides is 3. The molecule has 6 rings (SSSR count). The van der Waals surface area contributed by atoms with Crippen LogP contribution in [-0.4, -0.2) is 64.4 Å². The zero-order valence-corrected chi connectivity index (χ0v) is 19.8. The third kappa shape index (κ3) is 3.62. The second-order valence-corrected chi connectivity index (χ2v) is 10.7. The van der Waals surface area contributed by atoms with E-state index in [0.29, 0.717) is 24.8 Å². The van der Waals surface area contributed by atoms with E-state index in [-0.39, 0.29) is 28.0 Å². The lowest BCUT2D eigenvalue weighted by atomic mass is 9.49. The van der Waals surface area contributed by atoms with E-state index in [1.165, 1.54) is 24.0 Å². The highest BCUT2D eigenvalue weighted by Gasteiger charge is 2.75. The largest absolute Gasteiger partial charge is 0.632 e. The number of piperidine rings is 1. The number of hydroxylamine groups is 3. The summed E-state index contributed by atoms with van der Waals surface area (Å²) in [5.74, 6) is -1.23. The summed E-state index contributed by atoms with van der Waals surface area (Å²) in [7, 11) is 0. The van der Waals surface area contributed by atoms with Crippen molar-refractivity contribution in [2.24, 2.45) is 5.92 Å². The van der Waals surface area contributed by atoms with E-state index in [1.54, 1.807) is 6.07 Å². The number of carbonyl (C=O) groups is 1. The fourth-order valence-corrected chi connectivity index (χ4v) is 7.30. The summed E-state index contributed by atoms with van der Waals surface area (Å²) in [5, 5.41) is 32.0. The van der Waals surface area contributed by atoms with E-state index in [9.17, 15) is 23.5 Å². The van der Waals surface area contributed by atoms with E-state index in [0.717, 1.165) is 45.1 Å². The first kappa shape index (κ1) is 24.6. The van der Waals surface area contributed by atoms with Crippen LogP contribution in [0.15, 0.2) is 12.1 Å². The summed E-state index contributed by atoms with van der Waals surface area (Å²) in [6, 6.07) is 3.75. The first-order chi connectivity index (χ1) is 16.5. The van der Waals surface area contributed by atoms with Gasteiger partial charge in [-0.15, -0.1) is 0 Å². The molecule has 35 heavy (non-hydrogen) atoms. The van der Waals surface area contributed by atoms with Crippen LogP contribution in [0.2, 0.25) is 0 Å². The zero-order valence-electron chi connectivity index (χ0n) is 19.8. The van der Waals surface area contributed by atoms with Crippen molar-refractivity contribution >= 4 is 5.97 Å². The second-order valence-electron chi connectivity index (χ2n) is 10.7. The van der Waals surface area contributed by atoms with Gasteiger partial charge in [0.2, 0.25) is 0 Å². The van der Waals surface area contributed by atoms with E-state index in [4.69, 9.17) is 19.4 Å². The number of benzene rings is 1. The number of nitrogens with zero attached hydrogens (tertiary/aromatic N) is 1. The first-order valence-electron chi connectivity index (χ1n) is 12.5. The van der Waals surface area contributed by atoms with Gasteiger partial charge in [0.1, 0.15) is 17.7 Å². The average molecular weight is 500 g/mol. The predicted octanol–water partition coefficient (Wildman–Crippen LogP) is 4.43. The van der Waals surface area contributed by atoms with E-state index in [2.05, 4.69) is 6.92 Å². The van der Waals surface area contributed by atoms with Gasteiger partial charge in [0, 0.05) is 30.9 Å². The molecule has 5 atom stereocenters. The highest BCUT2D eigenvalue weighted by atomic mass is 19.4. The van der Waals surface area contributed by atoms with Crippen molar-refractivity contribution in [2.75, 3.05) is 19.7 Å². The maximum Gasteiger partial charge on any atom is 0.490 e. The topological polar surface area (TPSA) is 99.0 Å². The van der Waals surface area contributed by atoms with Crippen LogP contribution in [0.4, 0.5) is 13.2 Å². The van der Waals surface area contributed by atoms with Gasteiger partial charge in [-0.05, 0) is 50.2 Å². The summed E-state index contributed by atoms with van der Waals surface area (Å²) in [5.41, 5.74) is 1.68. The molecule has 3 aliphatic carbocycles. The average Bonchev–Trinajstić information content (AvgIpc) is 3.53. The number of hydrogen-bond acceptors (Lipinski definition) is 5. The Balaban J connectivity index is 0.000000320. The Kier molecular flexibility index (Phi) is 5.80. The van der Waals surface area contributed by atoms with Crippen LogP contribution in [0.5, 0.6) is 11.5 Å². The number of carboxylic acid groups (broad SMARTS) is 1. The molecule has 194 valence electrons. The zero-order chi connectivity index (χ0) is 25.2. The molecule has 2 aliphatic heterocycles. The molecular weight excluding hydrogens is 467 g/mol. The van der Waals surface area contributed by atoms with Crippen molar-refractivity contribution in [1.29, 1.82) is 0 Å². The van der Waals surface area contributed by atoms with Gasteiger partial charge >= 0.3 is 12.1 Å². The number of ether oxygens (including phenoxy) is 2. The summed E-state index contributed by atoms with van der Waals surface area (Å²) >= 11 is 0. The monoisotopic (exact) mass is 499 g/mol. The van der Waals surface area contributed by atoms with Gasteiger partial charge in [-0.3, -0.25) is 0 Å². The number of quaternary nitrogens is 1. The summed E-state index contributed by atoms with van der Waals surface area (Å²) in [6.07, 6.45) is 2.84. The molecular formula is C25H32F3NO6. The van der Waals surface area contributed by atoms with Crippen LogP contribution in [0.1, 0.15) is 63.0 Å². The molecule has 0 amide bonds. The van der Waals surface area contributed by atoms with Gasteiger partial charge in [0.05, 0.1) is 18.5 Å². The minimum absolute atomic E-state index is 0.0256. The lowest BCUT2D eigenvalue weighted by molar-refractivity contribution is -0.924. The van der Waals surface area contributed by atoms with Crippen LogP contribution in [-0.2, 0) is 21.4 Å². The van der Waals surface area contributed by atoms with E-state index in [1.807, 2.05) is 6.07 Å². The molecule has 2 saturated carbocycles. The Morgan fingerprint density at radius 2 is 2.00 bits per heavy atom. The van der Waals surface area contributed by atoms with Crippen molar-refractivity contribution in [3.05, 3.63) is 28.5 Å². The van der Waals surface area contributed by atoms with Crippen LogP contribution in [0.25, 0.3) is 0 Å². The minimum Gasteiger partial charge on any atom is -0.632 e. The van der Waals surface area contributed by atoms with E-state index >= 15 is 0 Å². The van der Waals surface area contributed by atoms with E-state index < -0.39 is 17.7 Å². The number of likely N-dealkylation sites (tertiary alicyclic amines) is 1. The molecule has 0 radical (unpaired) electrons. The summed E-state index contributed by atoms with van der Waals surface area (Å²) in [6.45, 7) is 4.25. The molecule has 7 nitrogen and oxygen atoms in total. The van der Waals surface area contributed by atoms with Gasteiger partial charge < -0.3 is 29.5 Å². The second kappa shape index (κ2) is 8.24. The SMILES string of the molecule is CCCO[C@@]12CCC[C@@H]3Oc4c(O)ccc5c4C31CC[N+]([O-])(CC1CC1)[C@@H]2C5.O=C(O)C(F)(F)F. The summed E-state index contributed by atoms with van der Waals surface area (Å²) < 4.78 is 44.9. The maximum absolute atomic E-state index is 14.3. The van der Waals surface area contributed by atoms with Crippen LogP contribution < -0.4 is 4.74 Å². The number of phenolic OH excluding ortho intramolecular Hbond substituents is 1. The first-order valence-corrected chi connectivity index (χ1v) is 12.5. The molecule has 2 heterocycles. The van der Waals surface area contributed by atoms with Gasteiger partial charge in [0.15, 0.2) is 11.5 Å². The maximum atomic E-state index is 14.3. The molecule has 0 aromatic heterocycles. The molecule has 5 aliphatic rings. The van der Waals surface area contributed by atoms with Crippen LogP contribution >= 0.6 is 0 Å². The number of aromatic hydroxyl groups is 1. The quantitative estimate of drug-likeness (QED) is 0.460. The Morgan fingerprint density at radius 1 is 1.29 bits per heavy atom. The van der Waals surface area contributed by atoms with Crippen LogP contribution in [0.3, 0.4) is 0 Å². The molecule has 1 aromatic carbocycles. The Hall–Kier alpha value is -2.04. The standard InChI is InChI=1S/C23H31NO4.C2HF3O2/c1-2-12-27-23-9-3-4-19-22(23)10-11-24(26,14-15-5-6-15)18(23)13-16-7-8-17(25)21(28-19)20(16)22;3-2(4,5)1(6)7/h7-8,15,18-19,25H,2-6,9-14H2,1H3;(H,6,7)/t18-,19+,22?,23-,24?;/m1./s1. The number of hydrogen-bond donors (Lipinski definition) is 2. The molecule has 1 spiro atoms. The van der Waals surface area contributed by atoms with Crippen molar-refractivity contribution < 1.29 is 42.3 Å². The molecule has 2 N–H and O–H groups in total. The van der Waals surface area contributed by atoms with Gasteiger partial charge in [-0.2, -0.15) is 13.2 Å². The summed E-state index contributed by atoms with van der Waals surface area (Å²) in [4.78, 5) is 8.90. The third-order valence-electron chi connectivity index (χ3n) is 8.72. The fraction of sp³-hybridized carbons (Fsp3) is 0.720. The minimum atomic E-state index is -5.08. The molecule has 10 heteroatoms. The molecule has 1 aromatic rings. The van der Waals surface area contributed by atoms with Crippen molar-refractivity contribution in [2.45, 2.75) is 87.6 Å².